The van der Waals surface area contributed by atoms with Crippen molar-refractivity contribution in [2.24, 2.45) is 0 Å². The lowest BCUT2D eigenvalue weighted by Crippen LogP contribution is -2.42. The predicted molar refractivity (Wildman–Crippen MR) is 151 cm³/mol. The van der Waals surface area contributed by atoms with Gasteiger partial charge in [0.2, 0.25) is 5.95 Å². The summed E-state index contributed by atoms with van der Waals surface area (Å²) in [7, 11) is -2.20. The highest BCUT2D eigenvalue weighted by Crippen LogP contribution is 2.40. The molecule has 0 aliphatic carbocycles. The molecular formula is C27H44FN3O5SSi. The summed E-state index contributed by atoms with van der Waals surface area (Å²) in [6.45, 7) is 23.1. The Morgan fingerprint density at radius 2 is 1.79 bits per heavy atom. The van der Waals surface area contributed by atoms with E-state index in [4.69, 9.17) is 13.7 Å². The van der Waals surface area contributed by atoms with Gasteiger partial charge in [-0.15, -0.1) is 4.72 Å². The van der Waals surface area contributed by atoms with Gasteiger partial charge in [-0.25, -0.2) is 4.98 Å². The van der Waals surface area contributed by atoms with Gasteiger partial charge in [0.15, 0.2) is 14.1 Å². The number of carbonyl (C=O) groups excluding carboxylic acids is 1. The molecule has 0 spiro atoms. The van der Waals surface area contributed by atoms with Crippen molar-refractivity contribution in [1.29, 1.82) is 0 Å². The van der Waals surface area contributed by atoms with Gasteiger partial charge in [-0.2, -0.15) is 4.39 Å². The van der Waals surface area contributed by atoms with Crippen LogP contribution >= 0.6 is 0 Å². The molecule has 0 aliphatic heterocycles. The van der Waals surface area contributed by atoms with Crippen molar-refractivity contribution < 1.29 is 27.4 Å². The molecule has 0 fully saturated rings. The number of halogens is 1. The van der Waals surface area contributed by atoms with Crippen LogP contribution < -0.4 is 4.72 Å². The Bertz CT molecular complexity index is 1120. The van der Waals surface area contributed by atoms with Crippen LogP contribution in [0.4, 0.5) is 4.39 Å². The highest BCUT2D eigenvalue weighted by atomic mass is 32.2. The Labute approximate surface area is 230 Å². The van der Waals surface area contributed by atoms with E-state index in [2.05, 4.69) is 48.7 Å². The maximum Gasteiger partial charge on any atom is 0.308 e. The van der Waals surface area contributed by atoms with Gasteiger partial charge in [0.05, 0.1) is 18.7 Å². The van der Waals surface area contributed by atoms with E-state index in [1.165, 1.54) is 6.20 Å². The number of nitrogens with zero attached hydrogens (tertiary/aromatic N) is 2. The number of ether oxygens (including phenoxy) is 1. The van der Waals surface area contributed by atoms with E-state index in [0.29, 0.717) is 16.8 Å². The second-order valence-electron chi connectivity index (χ2n) is 13.0. The summed E-state index contributed by atoms with van der Waals surface area (Å²) in [5.74, 6) is -0.879. The van der Waals surface area contributed by atoms with Crippen molar-refractivity contribution >= 4 is 25.6 Å². The summed E-state index contributed by atoms with van der Waals surface area (Å²) in [5.41, 5.74) is 1.08. The summed E-state index contributed by atoms with van der Waals surface area (Å²) in [6.07, 6.45) is 1.21. The standard InChI is InChI=1S/C27H44FN3O5SSi/c1-17-22(18-13-14-29-24(28)19(18)16-34-38(11,12)27(8,9)10)23(36-30-17)20(31-37(33)26(5,6)7)15-21(32)35-25(2,3)4/h13-14,20,31H,15-16H2,1-12H3/t20-,37+/m0/s1. The Hall–Kier alpha value is -1.79. The highest BCUT2D eigenvalue weighted by molar-refractivity contribution is 7.90. The van der Waals surface area contributed by atoms with Crippen molar-refractivity contribution in [3.8, 4) is 11.1 Å². The van der Waals surface area contributed by atoms with E-state index in [9.17, 15) is 9.35 Å². The number of hydrogen-bond donors (Lipinski definition) is 1. The maximum absolute atomic E-state index is 15.2. The molecule has 2 aromatic rings. The molecule has 0 radical (unpaired) electrons. The molecule has 0 amide bonds. The van der Waals surface area contributed by atoms with Gasteiger partial charge in [0, 0.05) is 28.7 Å². The van der Waals surface area contributed by atoms with Crippen LogP contribution in [0, 0.1) is 12.9 Å². The number of aromatic nitrogens is 2. The number of pyridine rings is 1. The summed E-state index contributed by atoms with van der Waals surface area (Å²) in [6, 6.07) is 0.841. The molecule has 1 N–H and O–H groups in total. The lowest BCUT2D eigenvalue weighted by Gasteiger charge is -2.36. The molecular weight excluding hydrogens is 525 g/mol. The summed E-state index contributed by atoms with van der Waals surface area (Å²) in [5, 5.41) is 4.08. The number of hydrogen-bond acceptors (Lipinski definition) is 8. The second-order valence-corrected chi connectivity index (χ2v) is 19.8. The number of rotatable bonds is 9. The highest BCUT2D eigenvalue weighted by Gasteiger charge is 2.39. The van der Waals surface area contributed by atoms with Gasteiger partial charge >= 0.3 is 5.97 Å². The molecule has 0 bridgehead atoms. The minimum atomic E-state index is -2.20. The van der Waals surface area contributed by atoms with Gasteiger partial charge in [0.1, 0.15) is 16.4 Å². The molecule has 2 atom stereocenters. The predicted octanol–water partition coefficient (Wildman–Crippen LogP) is 6.53. The molecule has 214 valence electrons. The summed E-state index contributed by atoms with van der Waals surface area (Å²) in [4.78, 5) is 16.7. The molecule has 0 unspecified atom stereocenters. The van der Waals surface area contributed by atoms with E-state index in [1.54, 1.807) is 33.8 Å². The first-order chi connectivity index (χ1) is 17.1. The fourth-order valence-corrected chi connectivity index (χ4v) is 5.04. The van der Waals surface area contributed by atoms with Crippen LogP contribution in [0.1, 0.15) is 91.8 Å². The first kappa shape index (κ1) is 32.4. The Morgan fingerprint density at radius 3 is 2.32 bits per heavy atom. The molecule has 0 aliphatic rings. The second kappa shape index (κ2) is 11.8. The summed E-state index contributed by atoms with van der Waals surface area (Å²) >= 11 is -1.55. The molecule has 8 nitrogen and oxygen atoms in total. The van der Waals surface area contributed by atoms with Gasteiger partial charge in [-0.3, -0.25) is 4.79 Å². The van der Waals surface area contributed by atoms with Crippen molar-refractivity contribution in [3.05, 3.63) is 35.2 Å². The fraction of sp³-hybridized carbons (Fsp3) is 0.667. The van der Waals surface area contributed by atoms with Gasteiger partial charge in [-0.05, 0) is 78.2 Å². The minimum Gasteiger partial charge on any atom is -0.598 e. The van der Waals surface area contributed by atoms with Gasteiger partial charge < -0.3 is 18.2 Å². The molecule has 2 heterocycles. The third-order valence-corrected chi connectivity index (χ3v) is 12.5. The van der Waals surface area contributed by atoms with Crippen molar-refractivity contribution in [3.63, 3.8) is 0 Å². The number of nitrogens with one attached hydrogen (secondary N) is 1. The topological polar surface area (TPSA) is 110 Å². The van der Waals surface area contributed by atoms with Crippen LogP contribution in [-0.2, 0) is 31.9 Å². The first-order valence-electron chi connectivity index (χ1n) is 12.8. The maximum atomic E-state index is 15.2. The molecule has 2 rings (SSSR count). The van der Waals surface area contributed by atoms with Crippen LogP contribution in [0.5, 0.6) is 0 Å². The lowest BCUT2D eigenvalue weighted by molar-refractivity contribution is -0.155. The number of esters is 1. The molecule has 0 saturated heterocycles. The lowest BCUT2D eigenvalue weighted by atomic mass is 9.96. The SMILES string of the molecule is Cc1noc([C@H](CC(=O)OC(C)(C)C)N[S@+]([O-])C(C)(C)C)c1-c1ccnc(F)c1CO[Si](C)(C)C(C)(C)C. The van der Waals surface area contributed by atoms with E-state index in [1.807, 2.05) is 20.8 Å². The third-order valence-electron chi connectivity index (χ3n) is 6.46. The largest absolute Gasteiger partial charge is 0.598 e. The van der Waals surface area contributed by atoms with E-state index in [0.717, 1.165) is 0 Å². The average molecular weight is 570 g/mol. The zero-order valence-electron chi connectivity index (χ0n) is 24.9. The third kappa shape index (κ3) is 8.35. The summed E-state index contributed by atoms with van der Waals surface area (Å²) < 4.78 is 48.3. The Kier molecular flexibility index (Phi) is 10.0. The van der Waals surface area contributed by atoms with E-state index < -0.39 is 48.0 Å². The smallest absolute Gasteiger partial charge is 0.308 e. The van der Waals surface area contributed by atoms with Crippen molar-refractivity contribution in [2.75, 3.05) is 0 Å². The van der Waals surface area contributed by atoms with Gasteiger partial charge in [0.25, 0.3) is 0 Å². The van der Waals surface area contributed by atoms with Crippen LogP contribution in [0.2, 0.25) is 18.1 Å². The zero-order chi connectivity index (χ0) is 29.3. The average Bonchev–Trinajstić information content (AvgIpc) is 3.10. The Balaban J connectivity index is 2.59. The molecule has 0 saturated carbocycles. The minimum absolute atomic E-state index is 0.0215. The number of carbonyl (C=O) groups is 1. The van der Waals surface area contributed by atoms with Crippen LogP contribution in [0.15, 0.2) is 16.8 Å². The van der Waals surface area contributed by atoms with Crippen LogP contribution in [-0.4, -0.2) is 39.3 Å². The molecule has 0 aromatic carbocycles. The zero-order valence-corrected chi connectivity index (χ0v) is 26.7. The van der Waals surface area contributed by atoms with Crippen molar-refractivity contribution in [2.45, 2.75) is 117 Å². The Morgan fingerprint density at radius 1 is 1.18 bits per heavy atom. The van der Waals surface area contributed by atoms with E-state index in [-0.39, 0.29) is 29.4 Å². The van der Waals surface area contributed by atoms with E-state index >= 15 is 4.39 Å². The molecule has 11 heteroatoms. The number of aryl methyl sites for hydroxylation is 1. The quantitative estimate of drug-likeness (QED) is 0.157. The molecule has 38 heavy (non-hydrogen) atoms. The fourth-order valence-electron chi connectivity index (χ4n) is 3.30. The normalized spacial score (nSPS) is 14.9. The molecule has 2 aromatic heterocycles. The van der Waals surface area contributed by atoms with Crippen LogP contribution in [0.25, 0.3) is 11.1 Å². The van der Waals surface area contributed by atoms with Crippen LogP contribution in [0.3, 0.4) is 0 Å². The van der Waals surface area contributed by atoms with Gasteiger partial charge in [-0.1, -0.05) is 25.9 Å². The van der Waals surface area contributed by atoms with Crippen molar-refractivity contribution in [1.82, 2.24) is 14.9 Å². The first-order valence-corrected chi connectivity index (χ1v) is 16.8. The monoisotopic (exact) mass is 569 g/mol.